The van der Waals surface area contributed by atoms with Crippen LogP contribution in [0, 0.1) is 0 Å². The summed E-state index contributed by atoms with van der Waals surface area (Å²) < 4.78 is 34.4. The summed E-state index contributed by atoms with van der Waals surface area (Å²) in [5, 5.41) is 0. The topological polar surface area (TPSA) is 141 Å². The Morgan fingerprint density at radius 3 is 1.23 bits per heavy atom. The van der Waals surface area contributed by atoms with Crippen LogP contribution in [0.3, 0.4) is 0 Å². The van der Waals surface area contributed by atoms with Gasteiger partial charge in [-0.1, -0.05) is 84.9 Å². The molecule has 0 fully saturated rings. The van der Waals surface area contributed by atoms with Crippen molar-refractivity contribution >= 4 is 48.1 Å². The molecule has 0 aromatic heterocycles. The van der Waals surface area contributed by atoms with Gasteiger partial charge in [0.1, 0.15) is 28.7 Å². The molecule has 0 spiro atoms. The molecule has 0 aliphatic heterocycles. The number of rotatable bonds is 15. The Morgan fingerprint density at radius 2 is 0.786 bits per heavy atom. The second-order valence-electron chi connectivity index (χ2n) is 11.7. The van der Waals surface area contributed by atoms with E-state index in [1.54, 1.807) is 109 Å². The van der Waals surface area contributed by atoms with E-state index >= 15 is 0 Å². The molecule has 1 aliphatic carbocycles. The number of carbonyl (C=O) groups is 5. The molecule has 0 bridgehead atoms. The molecule has 0 heterocycles. The van der Waals surface area contributed by atoms with Crippen molar-refractivity contribution in [1.29, 1.82) is 0 Å². The van der Waals surface area contributed by atoms with Gasteiger partial charge in [-0.3, -0.25) is 28.5 Å². The highest BCUT2D eigenvalue weighted by molar-refractivity contribution is 7.43. The van der Waals surface area contributed by atoms with E-state index in [9.17, 15) is 24.0 Å². The second kappa shape index (κ2) is 19.2. The number of aldehydes is 4. The SMILES string of the molecule is COP(Oc1ccccc1C=O)Oc1ccccc1C=O.O=Cc1ccccc1OP(Oc1ccccc1C=O)Oc1cccc2c1C(=O)c1ccccc1C2. The van der Waals surface area contributed by atoms with Crippen LogP contribution in [-0.4, -0.2) is 38.0 Å². The first-order valence-electron chi connectivity index (χ1n) is 16.9. The lowest BCUT2D eigenvalue weighted by Gasteiger charge is -2.23. The first-order valence-corrected chi connectivity index (χ1v) is 19.1. The minimum Gasteiger partial charge on any atom is -0.417 e. The number of hydrogen-bond acceptors (Lipinski definition) is 11. The zero-order valence-corrected chi connectivity index (χ0v) is 31.5. The van der Waals surface area contributed by atoms with Crippen molar-refractivity contribution in [3.8, 4) is 28.7 Å². The van der Waals surface area contributed by atoms with E-state index < -0.39 is 17.2 Å². The van der Waals surface area contributed by atoms with E-state index in [4.69, 9.17) is 27.1 Å². The minimum absolute atomic E-state index is 0.144. The van der Waals surface area contributed by atoms with Gasteiger partial charge in [-0.05, 0) is 72.1 Å². The van der Waals surface area contributed by atoms with Gasteiger partial charge >= 0.3 is 17.2 Å². The van der Waals surface area contributed by atoms with Gasteiger partial charge in [-0.15, -0.1) is 0 Å². The normalized spacial score (nSPS) is 11.2. The average molecular weight is 787 g/mol. The molecular formula is C43H32O11P2. The zero-order chi connectivity index (χ0) is 39.3. The van der Waals surface area contributed by atoms with Gasteiger partial charge in [0.15, 0.2) is 30.9 Å². The third kappa shape index (κ3) is 9.40. The fourth-order valence-corrected chi connectivity index (χ4v) is 7.41. The van der Waals surface area contributed by atoms with Gasteiger partial charge in [0.25, 0.3) is 0 Å². The Bertz CT molecular complexity index is 2260. The third-order valence-electron chi connectivity index (χ3n) is 8.18. The van der Waals surface area contributed by atoms with Crippen LogP contribution < -0.4 is 22.6 Å². The van der Waals surface area contributed by atoms with E-state index in [0.717, 1.165) is 11.1 Å². The molecule has 6 aromatic rings. The molecule has 280 valence electrons. The Balaban J connectivity index is 0.000000217. The maximum atomic E-state index is 13.4. The minimum atomic E-state index is -2.20. The quantitative estimate of drug-likeness (QED) is 0.0724. The number of hydrogen-bond donors (Lipinski definition) is 0. The van der Waals surface area contributed by atoms with Crippen molar-refractivity contribution in [1.82, 2.24) is 0 Å². The van der Waals surface area contributed by atoms with Crippen LogP contribution in [0.5, 0.6) is 28.7 Å². The van der Waals surface area contributed by atoms with Gasteiger partial charge in [0.2, 0.25) is 0 Å². The molecule has 0 saturated heterocycles. The highest BCUT2D eigenvalue weighted by atomic mass is 31.2. The van der Waals surface area contributed by atoms with Crippen LogP contribution in [0.4, 0.5) is 0 Å². The van der Waals surface area contributed by atoms with Crippen molar-refractivity contribution in [2.75, 3.05) is 7.11 Å². The number of para-hydroxylation sites is 4. The fraction of sp³-hybridized carbons (Fsp3) is 0.0465. The molecule has 0 radical (unpaired) electrons. The summed E-state index contributed by atoms with van der Waals surface area (Å²) in [5.74, 6) is 1.42. The smallest absolute Gasteiger partial charge is 0.417 e. The summed E-state index contributed by atoms with van der Waals surface area (Å²) >= 11 is 0. The molecule has 6 aromatic carbocycles. The van der Waals surface area contributed by atoms with Crippen LogP contribution in [0.25, 0.3) is 0 Å². The third-order valence-corrected chi connectivity index (χ3v) is 10.2. The Kier molecular flexibility index (Phi) is 13.4. The summed E-state index contributed by atoms with van der Waals surface area (Å²) in [6.45, 7) is 0. The monoisotopic (exact) mass is 786 g/mol. The molecule has 56 heavy (non-hydrogen) atoms. The van der Waals surface area contributed by atoms with Gasteiger partial charge in [-0.2, -0.15) is 0 Å². The fourth-order valence-electron chi connectivity index (χ4n) is 5.49. The number of ketones is 1. The molecule has 13 heteroatoms. The molecule has 0 unspecified atom stereocenters. The van der Waals surface area contributed by atoms with Crippen molar-refractivity contribution in [3.63, 3.8) is 0 Å². The molecule has 11 nitrogen and oxygen atoms in total. The predicted octanol–water partition coefficient (Wildman–Crippen LogP) is 9.85. The molecule has 0 saturated carbocycles. The molecule has 7 rings (SSSR count). The number of fused-ring (bicyclic) bond motifs is 2. The van der Waals surface area contributed by atoms with E-state index in [1.165, 1.54) is 7.11 Å². The highest BCUT2D eigenvalue weighted by Gasteiger charge is 2.30. The predicted molar refractivity (Wildman–Crippen MR) is 210 cm³/mol. The average Bonchev–Trinajstić information content (AvgIpc) is 3.24. The Morgan fingerprint density at radius 1 is 0.429 bits per heavy atom. The zero-order valence-electron chi connectivity index (χ0n) is 29.7. The Labute approximate surface area is 324 Å². The standard InChI is InChI=1S/C28H19O6P.C15H13O5P/c29-17-21-9-2-5-13-24(21)32-35(33-25-14-6-3-10-22(25)18-30)34-26-15-7-11-20-16-19-8-1-4-12-23(19)28(31)27(20)26;1-18-21(19-14-8-4-2-6-12(14)10-16)20-15-9-5-3-7-13(15)11-17/h1-15,17-18H,16H2;2-11H,1H3. The first kappa shape index (κ1) is 39.2. The summed E-state index contributed by atoms with van der Waals surface area (Å²) in [4.78, 5) is 58.4. The van der Waals surface area contributed by atoms with Crippen LogP contribution in [0.15, 0.2) is 140 Å². The van der Waals surface area contributed by atoms with Crippen LogP contribution in [0.1, 0.15) is 68.5 Å². The van der Waals surface area contributed by atoms with E-state index in [-0.39, 0.29) is 17.3 Å². The molecular weight excluding hydrogens is 754 g/mol. The van der Waals surface area contributed by atoms with Crippen LogP contribution in [0.2, 0.25) is 0 Å². The molecule has 0 N–H and O–H groups in total. The van der Waals surface area contributed by atoms with Crippen molar-refractivity contribution in [2.45, 2.75) is 6.42 Å². The first-order chi connectivity index (χ1) is 27.5. The van der Waals surface area contributed by atoms with E-state index in [2.05, 4.69) is 0 Å². The summed E-state index contributed by atoms with van der Waals surface area (Å²) in [5.41, 5.74) is 4.29. The number of carbonyl (C=O) groups excluding carboxylic acids is 5. The van der Waals surface area contributed by atoms with Crippen molar-refractivity contribution in [3.05, 3.63) is 184 Å². The summed E-state index contributed by atoms with van der Waals surface area (Å²) in [7, 11) is -2.55. The van der Waals surface area contributed by atoms with Gasteiger partial charge < -0.3 is 22.6 Å². The van der Waals surface area contributed by atoms with Gasteiger partial charge in [0.05, 0.1) is 27.8 Å². The maximum absolute atomic E-state index is 13.4. The summed E-state index contributed by atoms with van der Waals surface area (Å²) in [6, 6.07) is 39.7. The van der Waals surface area contributed by atoms with Gasteiger partial charge in [-0.25, -0.2) is 0 Å². The summed E-state index contributed by atoms with van der Waals surface area (Å²) in [6.07, 6.45) is 3.33. The van der Waals surface area contributed by atoms with E-state index in [1.807, 2.05) is 30.3 Å². The maximum Gasteiger partial charge on any atom is 0.530 e. The largest absolute Gasteiger partial charge is 0.530 e. The van der Waals surface area contributed by atoms with Crippen molar-refractivity contribution in [2.24, 2.45) is 0 Å². The molecule has 0 amide bonds. The second-order valence-corrected chi connectivity index (χ2v) is 13.8. The van der Waals surface area contributed by atoms with Crippen molar-refractivity contribution < 1.29 is 51.1 Å². The number of benzene rings is 6. The Hall–Kier alpha value is -6.51. The van der Waals surface area contributed by atoms with Crippen LogP contribution >= 0.6 is 17.2 Å². The lowest BCUT2D eigenvalue weighted by atomic mass is 9.85. The lowest BCUT2D eigenvalue weighted by Crippen LogP contribution is -2.16. The molecule has 0 atom stereocenters. The molecule has 1 aliphatic rings. The lowest BCUT2D eigenvalue weighted by molar-refractivity contribution is 0.103. The van der Waals surface area contributed by atoms with Crippen LogP contribution in [-0.2, 0) is 10.9 Å². The van der Waals surface area contributed by atoms with E-state index in [0.29, 0.717) is 82.2 Å². The highest BCUT2D eigenvalue weighted by Crippen LogP contribution is 2.46. The van der Waals surface area contributed by atoms with Gasteiger partial charge in [0, 0.05) is 12.7 Å².